The Morgan fingerprint density at radius 2 is 1.81 bits per heavy atom. The number of esters is 1. The number of ether oxygens (including phenoxy) is 2. The molecule has 2 aromatic heterocycles. The van der Waals surface area contributed by atoms with E-state index < -0.39 is 28.8 Å². The highest BCUT2D eigenvalue weighted by Gasteiger charge is 2.51. The SMILES string of the molecule is COC12CC(COC(=O)c3cncc(Br)c3)CN(C)C1Cc1cn(C)c3cccc2c13.O=C(O)c1cc(O)c(O)c(O)c1. The van der Waals surface area contributed by atoms with Crippen LogP contribution in [0.1, 0.15) is 38.3 Å². The number of pyridine rings is 1. The number of likely N-dealkylation sites (tertiary alicyclic amines) is 1. The highest BCUT2D eigenvalue weighted by Crippen LogP contribution is 2.49. The summed E-state index contributed by atoms with van der Waals surface area (Å²) in [5, 5.41) is 36.3. The van der Waals surface area contributed by atoms with Crippen molar-refractivity contribution in [2.75, 3.05) is 27.3 Å². The largest absolute Gasteiger partial charge is 0.504 e. The van der Waals surface area contributed by atoms with E-state index in [-0.39, 0.29) is 23.5 Å². The second kappa shape index (κ2) is 11.9. The van der Waals surface area contributed by atoms with Gasteiger partial charge >= 0.3 is 11.9 Å². The van der Waals surface area contributed by atoms with Crippen molar-refractivity contribution < 1.29 is 39.5 Å². The van der Waals surface area contributed by atoms with E-state index in [0.29, 0.717) is 12.2 Å². The molecule has 2 aromatic carbocycles. The number of phenolic OH excluding ortho intramolecular Hbond substituents is 3. The molecule has 12 heteroatoms. The number of piperidine rings is 1. The van der Waals surface area contributed by atoms with Crippen molar-refractivity contribution in [2.45, 2.75) is 24.5 Å². The molecule has 4 aromatic rings. The quantitative estimate of drug-likeness (QED) is 0.180. The summed E-state index contributed by atoms with van der Waals surface area (Å²) in [4.78, 5) is 29.3. The number of aromatic hydroxyl groups is 3. The minimum atomic E-state index is -1.29. The number of aromatic nitrogens is 2. The molecule has 6 rings (SSSR count). The molecule has 0 saturated carbocycles. The number of carboxylic acid groups (broad SMARTS) is 1. The van der Waals surface area contributed by atoms with Crippen LogP contribution in [0.25, 0.3) is 10.9 Å². The zero-order valence-corrected chi connectivity index (χ0v) is 25.4. The Balaban J connectivity index is 0.000000259. The van der Waals surface area contributed by atoms with Crippen molar-refractivity contribution in [1.29, 1.82) is 0 Å². The van der Waals surface area contributed by atoms with Crippen LogP contribution in [0.4, 0.5) is 0 Å². The molecule has 1 fully saturated rings. The number of nitrogens with zero attached hydrogens (tertiary/aromatic N) is 3. The van der Waals surface area contributed by atoms with Crippen LogP contribution in [-0.4, -0.2) is 80.2 Å². The van der Waals surface area contributed by atoms with Crippen LogP contribution in [0.5, 0.6) is 17.2 Å². The monoisotopic (exact) mass is 653 g/mol. The number of hydrogen-bond donors (Lipinski definition) is 4. The second-order valence-electron chi connectivity index (χ2n) is 10.9. The first-order chi connectivity index (χ1) is 20.4. The molecule has 2 aliphatic rings. The third kappa shape index (κ3) is 5.65. The molecule has 226 valence electrons. The van der Waals surface area contributed by atoms with Gasteiger partial charge in [0, 0.05) is 66.6 Å². The molecule has 3 unspecified atom stereocenters. The number of likely N-dealkylation sites (N-methyl/N-ethyl adjacent to an activating group) is 1. The molecular formula is C31H32BrN3O8. The summed E-state index contributed by atoms with van der Waals surface area (Å²) >= 11 is 3.35. The molecular weight excluding hydrogens is 622 g/mol. The van der Waals surface area contributed by atoms with E-state index >= 15 is 0 Å². The molecule has 3 heterocycles. The maximum atomic E-state index is 12.5. The Labute approximate surface area is 256 Å². The maximum absolute atomic E-state index is 12.5. The third-order valence-corrected chi connectivity index (χ3v) is 8.68. The molecule has 0 amide bonds. The van der Waals surface area contributed by atoms with Gasteiger partial charge in [-0.1, -0.05) is 12.1 Å². The summed E-state index contributed by atoms with van der Waals surface area (Å²) in [5.41, 5.74) is 3.61. The van der Waals surface area contributed by atoms with Gasteiger partial charge in [-0.2, -0.15) is 0 Å². The summed E-state index contributed by atoms with van der Waals surface area (Å²) < 4.78 is 15.0. The minimum absolute atomic E-state index is 0.172. The number of aryl methyl sites for hydroxylation is 1. The number of phenols is 3. The fraction of sp³-hybridized carbons (Fsp3) is 0.323. The van der Waals surface area contributed by atoms with Crippen LogP contribution in [0.3, 0.4) is 0 Å². The lowest BCUT2D eigenvalue weighted by Crippen LogP contribution is -2.59. The zero-order chi connectivity index (χ0) is 31.1. The van der Waals surface area contributed by atoms with Gasteiger partial charge in [-0.3, -0.25) is 9.88 Å². The van der Waals surface area contributed by atoms with Crippen LogP contribution in [0.2, 0.25) is 0 Å². The van der Waals surface area contributed by atoms with Gasteiger partial charge in [-0.05, 0) is 71.2 Å². The lowest BCUT2D eigenvalue weighted by atomic mass is 9.69. The Hall–Kier alpha value is -4.13. The van der Waals surface area contributed by atoms with Crippen molar-refractivity contribution in [3.05, 3.63) is 81.7 Å². The van der Waals surface area contributed by atoms with Crippen LogP contribution >= 0.6 is 15.9 Å². The van der Waals surface area contributed by atoms with Gasteiger partial charge < -0.3 is 34.5 Å². The average Bonchev–Trinajstić information content (AvgIpc) is 3.31. The fourth-order valence-electron chi connectivity index (χ4n) is 6.35. The fourth-order valence-corrected chi connectivity index (χ4v) is 6.72. The summed E-state index contributed by atoms with van der Waals surface area (Å²) in [7, 11) is 6.07. The second-order valence-corrected chi connectivity index (χ2v) is 11.9. The highest BCUT2D eigenvalue weighted by molar-refractivity contribution is 9.10. The first kappa shape index (κ1) is 30.3. The molecule has 4 N–H and O–H groups in total. The van der Waals surface area contributed by atoms with Gasteiger partial charge in [0.05, 0.1) is 17.7 Å². The Morgan fingerprint density at radius 3 is 2.47 bits per heavy atom. The topological polar surface area (TPSA) is 155 Å². The summed E-state index contributed by atoms with van der Waals surface area (Å²) in [6.45, 7) is 1.21. The summed E-state index contributed by atoms with van der Waals surface area (Å²) in [5.74, 6) is -3.51. The van der Waals surface area contributed by atoms with E-state index in [1.54, 1.807) is 12.3 Å². The Bertz CT molecular complexity index is 1680. The van der Waals surface area contributed by atoms with Crippen LogP contribution in [-0.2, 0) is 28.5 Å². The predicted molar refractivity (Wildman–Crippen MR) is 160 cm³/mol. The predicted octanol–water partition coefficient (Wildman–Crippen LogP) is 4.41. The van der Waals surface area contributed by atoms with Gasteiger partial charge in [-0.25, -0.2) is 9.59 Å². The van der Waals surface area contributed by atoms with Crippen LogP contribution in [0, 0.1) is 5.92 Å². The van der Waals surface area contributed by atoms with Gasteiger partial charge in [0.25, 0.3) is 0 Å². The van der Waals surface area contributed by atoms with Gasteiger partial charge in [-0.15, -0.1) is 0 Å². The number of aromatic carboxylic acids is 1. The van der Waals surface area contributed by atoms with Gasteiger partial charge in [0.2, 0.25) is 0 Å². The molecule has 1 aliphatic carbocycles. The maximum Gasteiger partial charge on any atom is 0.339 e. The van der Waals surface area contributed by atoms with E-state index in [9.17, 15) is 9.59 Å². The smallest absolute Gasteiger partial charge is 0.339 e. The minimum Gasteiger partial charge on any atom is -0.504 e. The van der Waals surface area contributed by atoms with E-state index in [1.807, 2.05) is 7.11 Å². The van der Waals surface area contributed by atoms with Crippen LogP contribution < -0.4 is 0 Å². The van der Waals surface area contributed by atoms with Crippen molar-refractivity contribution >= 4 is 38.8 Å². The molecule has 1 saturated heterocycles. The van der Waals surface area contributed by atoms with E-state index in [2.05, 4.69) is 68.9 Å². The number of benzene rings is 2. The van der Waals surface area contributed by atoms with E-state index in [4.69, 9.17) is 29.9 Å². The van der Waals surface area contributed by atoms with Gasteiger partial charge in [0.15, 0.2) is 17.2 Å². The summed E-state index contributed by atoms with van der Waals surface area (Å²) in [6.07, 6.45) is 7.20. The molecule has 0 radical (unpaired) electrons. The number of rotatable bonds is 5. The third-order valence-electron chi connectivity index (χ3n) is 8.24. The Kier molecular flexibility index (Phi) is 8.37. The molecule has 1 aliphatic heterocycles. The number of hydrogen-bond acceptors (Lipinski definition) is 9. The lowest BCUT2D eigenvalue weighted by Gasteiger charge is -2.53. The molecule has 11 nitrogen and oxygen atoms in total. The first-order valence-electron chi connectivity index (χ1n) is 13.5. The molecule has 43 heavy (non-hydrogen) atoms. The van der Waals surface area contributed by atoms with Crippen molar-refractivity contribution in [3.63, 3.8) is 0 Å². The molecule has 3 atom stereocenters. The summed E-state index contributed by atoms with van der Waals surface area (Å²) in [6, 6.07) is 10.2. The molecule has 0 spiro atoms. The number of carboxylic acids is 1. The number of carbonyl (C=O) groups excluding carboxylic acids is 1. The highest BCUT2D eigenvalue weighted by atomic mass is 79.9. The first-order valence-corrected chi connectivity index (χ1v) is 14.3. The van der Waals surface area contributed by atoms with Crippen molar-refractivity contribution in [2.24, 2.45) is 13.0 Å². The Morgan fingerprint density at radius 1 is 1.09 bits per heavy atom. The number of fused-ring (bicyclic) bond motifs is 2. The standard InChI is InChI=1S/C24H26BrN3O3.C7H6O5/c1-27-13-17-8-21-24(30-3,19-5-4-6-20(27)22(17)19)9-15(12-28(21)2)14-31-23(29)16-7-18(25)11-26-10-16;8-4-1-3(7(11)12)2-5(9)6(4)10/h4-7,10-11,13,15,21H,8-9,12,14H2,1-3H3;1-2,8-10H,(H,11,12). The molecule has 0 bridgehead atoms. The van der Waals surface area contributed by atoms with E-state index in [1.165, 1.54) is 28.2 Å². The van der Waals surface area contributed by atoms with Gasteiger partial charge in [0.1, 0.15) is 5.60 Å². The van der Waals surface area contributed by atoms with Crippen molar-refractivity contribution in [3.8, 4) is 17.2 Å². The number of halogens is 1. The van der Waals surface area contributed by atoms with E-state index in [0.717, 1.165) is 36.0 Å². The average molecular weight is 655 g/mol. The van der Waals surface area contributed by atoms with Crippen molar-refractivity contribution in [1.82, 2.24) is 14.5 Å². The normalized spacial score (nSPS) is 21.0. The zero-order valence-electron chi connectivity index (χ0n) is 23.8. The lowest BCUT2D eigenvalue weighted by molar-refractivity contribution is -0.131. The number of carbonyl (C=O) groups is 2. The number of methoxy groups -OCH3 is 1. The van der Waals surface area contributed by atoms with Crippen LogP contribution in [0.15, 0.2) is 59.5 Å².